The Morgan fingerprint density at radius 1 is 1.15 bits per heavy atom. The van der Waals surface area contributed by atoms with Crippen molar-refractivity contribution in [2.24, 2.45) is 0 Å². The number of anilines is 4. The summed E-state index contributed by atoms with van der Waals surface area (Å²) in [7, 11) is 0. The molecule has 3 N–H and O–H groups in total. The number of carbonyl (C=O) groups is 1. The van der Waals surface area contributed by atoms with Crippen molar-refractivity contribution in [2.45, 2.75) is 50.1 Å². The minimum atomic E-state index is -0.588. The third-order valence-corrected chi connectivity index (χ3v) is 7.59. The quantitative estimate of drug-likeness (QED) is 0.659. The van der Waals surface area contributed by atoms with Crippen LogP contribution in [0, 0.1) is 5.82 Å². The third-order valence-electron chi connectivity index (χ3n) is 7.59. The Balaban J connectivity index is 1.16. The molecule has 1 amide bonds. The highest BCUT2D eigenvalue weighted by molar-refractivity contribution is 5.94. The summed E-state index contributed by atoms with van der Waals surface area (Å²) in [5.41, 5.74) is 1.59. The zero-order valence-electron chi connectivity index (χ0n) is 18.7. The largest absolute Gasteiger partial charge is 0.367 e. The number of benzene rings is 1. The Hall–Kier alpha value is -2.94. The van der Waals surface area contributed by atoms with E-state index in [2.05, 4.69) is 35.7 Å². The second-order valence-corrected chi connectivity index (χ2v) is 9.67. The standard InChI is InChI=1S/C24H30FN7O/c25-19-13-17(5-6-20(19)31-11-8-26-9-12-31)28-23-27-15-16-14-24(30-21(16)29-23)7-10-32(22(24)33)18-3-1-2-4-18/h5-6,13,15,18,26H,1-4,7-12,14H2,(H2,27,28,29,30). The SMILES string of the molecule is O=C1N(C2CCCC2)CCC12Cc1cnc(Nc3ccc(N4CCNCC4)c(F)c3)nc1N2. The summed E-state index contributed by atoms with van der Waals surface area (Å²) >= 11 is 0. The fourth-order valence-corrected chi connectivity index (χ4v) is 5.82. The molecule has 1 aliphatic carbocycles. The molecule has 0 radical (unpaired) electrons. The number of rotatable bonds is 4. The van der Waals surface area contributed by atoms with E-state index >= 15 is 0 Å². The van der Waals surface area contributed by atoms with Crippen molar-refractivity contribution in [2.75, 3.05) is 48.3 Å². The van der Waals surface area contributed by atoms with Gasteiger partial charge in [0.2, 0.25) is 11.9 Å². The number of hydrogen-bond acceptors (Lipinski definition) is 7. The average Bonchev–Trinajstić information content (AvgIpc) is 3.54. The molecule has 0 bridgehead atoms. The van der Waals surface area contributed by atoms with Crippen molar-refractivity contribution < 1.29 is 9.18 Å². The van der Waals surface area contributed by atoms with Gasteiger partial charge in [0.15, 0.2) is 0 Å². The Morgan fingerprint density at radius 2 is 1.97 bits per heavy atom. The monoisotopic (exact) mass is 451 g/mol. The molecular formula is C24H30FN7O. The Morgan fingerprint density at radius 3 is 2.76 bits per heavy atom. The molecule has 1 spiro atoms. The maximum absolute atomic E-state index is 14.8. The Bertz CT molecular complexity index is 1070. The molecule has 6 rings (SSSR count). The van der Waals surface area contributed by atoms with E-state index in [0.29, 0.717) is 35.6 Å². The van der Waals surface area contributed by atoms with Crippen molar-refractivity contribution in [1.29, 1.82) is 0 Å². The minimum absolute atomic E-state index is 0.201. The predicted molar refractivity (Wildman–Crippen MR) is 125 cm³/mol. The van der Waals surface area contributed by atoms with Crippen LogP contribution in [-0.4, -0.2) is 65.1 Å². The summed E-state index contributed by atoms with van der Waals surface area (Å²) in [4.78, 5) is 26.5. The number of nitrogens with one attached hydrogen (secondary N) is 3. The number of amides is 1. The van der Waals surface area contributed by atoms with Gasteiger partial charge in [-0.1, -0.05) is 12.8 Å². The smallest absolute Gasteiger partial charge is 0.248 e. The topological polar surface area (TPSA) is 85.4 Å². The van der Waals surface area contributed by atoms with E-state index in [-0.39, 0.29) is 11.7 Å². The molecule has 4 heterocycles. The lowest BCUT2D eigenvalue weighted by Gasteiger charge is -2.29. The maximum atomic E-state index is 14.8. The maximum Gasteiger partial charge on any atom is 0.248 e. The Labute approximate surface area is 193 Å². The number of fused-ring (bicyclic) bond motifs is 1. The van der Waals surface area contributed by atoms with E-state index < -0.39 is 5.54 Å². The van der Waals surface area contributed by atoms with Crippen LogP contribution in [0.1, 0.15) is 37.7 Å². The van der Waals surface area contributed by atoms with Crippen LogP contribution in [0.3, 0.4) is 0 Å². The van der Waals surface area contributed by atoms with Crippen LogP contribution in [0.4, 0.5) is 27.5 Å². The number of nitrogens with zero attached hydrogens (tertiary/aromatic N) is 4. The summed E-state index contributed by atoms with van der Waals surface area (Å²) in [5, 5.41) is 9.84. The summed E-state index contributed by atoms with van der Waals surface area (Å²) in [6.07, 6.45) is 7.86. The second-order valence-electron chi connectivity index (χ2n) is 9.67. The minimum Gasteiger partial charge on any atom is -0.367 e. The van der Waals surface area contributed by atoms with Gasteiger partial charge in [-0.2, -0.15) is 4.98 Å². The van der Waals surface area contributed by atoms with Crippen molar-refractivity contribution in [1.82, 2.24) is 20.2 Å². The second kappa shape index (κ2) is 8.13. The molecule has 174 valence electrons. The number of hydrogen-bond donors (Lipinski definition) is 3. The lowest BCUT2D eigenvalue weighted by molar-refractivity contribution is -0.133. The summed E-state index contributed by atoms with van der Waals surface area (Å²) in [6.45, 7) is 4.11. The highest BCUT2D eigenvalue weighted by Crippen LogP contribution is 2.40. The van der Waals surface area contributed by atoms with Gasteiger partial charge in [-0.25, -0.2) is 9.37 Å². The van der Waals surface area contributed by atoms with Gasteiger partial charge in [-0.3, -0.25) is 4.79 Å². The summed E-state index contributed by atoms with van der Waals surface area (Å²) < 4.78 is 14.8. The molecule has 4 aliphatic rings. The van der Waals surface area contributed by atoms with Crippen molar-refractivity contribution in [3.05, 3.63) is 35.8 Å². The van der Waals surface area contributed by atoms with Crippen LogP contribution in [0.2, 0.25) is 0 Å². The molecule has 2 aromatic rings. The zero-order valence-corrected chi connectivity index (χ0v) is 18.7. The molecule has 1 atom stereocenters. The summed E-state index contributed by atoms with van der Waals surface area (Å²) in [6, 6.07) is 5.54. The first-order valence-corrected chi connectivity index (χ1v) is 12.1. The normalized spacial score (nSPS) is 25.1. The van der Waals surface area contributed by atoms with Gasteiger partial charge in [-0.05, 0) is 37.5 Å². The molecule has 2 saturated heterocycles. The zero-order chi connectivity index (χ0) is 22.4. The van der Waals surface area contributed by atoms with Gasteiger partial charge in [0.1, 0.15) is 17.2 Å². The van der Waals surface area contributed by atoms with E-state index in [1.165, 1.54) is 18.9 Å². The molecule has 1 unspecified atom stereocenters. The fraction of sp³-hybridized carbons (Fsp3) is 0.542. The van der Waals surface area contributed by atoms with Crippen LogP contribution < -0.4 is 20.9 Å². The lowest BCUT2D eigenvalue weighted by atomic mass is 9.94. The molecular weight excluding hydrogens is 421 g/mol. The van der Waals surface area contributed by atoms with Crippen LogP contribution in [-0.2, 0) is 11.2 Å². The first-order valence-electron chi connectivity index (χ1n) is 12.1. The Kier molecular flexibility index (Phi) is 5.09. The molecule has 1 aromatic carbocycles. The molecule has 33 heavy (non-hydrogen) atoms. The van der Waals surface area contributed by atoms with Crippen LogP contribution in [0.15, 0.2) is 24.4 Å². The van der Waals surface area contributed by atoms with E-state index in [4.69, 9.17) is 0 Å². The molecule has 1 saturated carbocycles. The van der Waals surface area contributed by atoms with Crippen molar-refractivity contribution in [3.63, 3.8) is 0 Å². The molecule has 9 heteroatoms. The van der Waals surface area contributed by atoms with Gasteiger partial charge in [0.05, 0.1) is 5.69 Å². The molecule has 1 aromatic heterocycles. The first kappa shape index (κ1) is 20.7. The van der Waals surface area contributed by atoms with Crippen LogP contribution >= 0.6 is 0 Å². The molecule has 8 nitrogen and oxygen atoms in total. The van der Waals surface area contributed by atoms with E-state index in [0.717, 1.165) is 57.5 Å². The number of carbonyl (C=O) groups excluding carboxylic acids is 1. The first-order chi connectivity index (χ1) is 16.1. The number of aromatic nitrogens is 2. The lowest BCUT2D eigenvalue weighted by Crippen LogP contribution is -2.47. The third kappa shape index (κ3) is 3.68. The van der Waals surface area contributed by atoms with E-state index in [1.54, 1.807) is 12.3 Å². The molecule has 3 fully saturated rings. The van der Waals surface area contributed by atoms with Gasteiger partial charge >= 0.3 is 0 Å². The summed E-state index contributed by atoms with van der Waals surface area (Å²) in [5.74, 6) is 1.04. The predicted octanol–water partition coefficient (Wildman–Crippen LogP) is 2.65. The van der Waals surface area contributed by atoms with Gasteiger partial charge in [0.25, 0.3) is 0 Å². The van der Waals surface area contributed by atoms with Crippen molar-refractivity contribution in [3.8, 4) is 0 Å². The van der Waals surface area contributed by atoms with Gasteiger partial charge in [-0.15, -0.1) is 0 Å². The number of likely N-dealkylation sites (tertiary alicyclic amines) is 1. The van der Waals surface area contributed by atoms with E-state index in [9.17, 15) is 9.18 Å². The van der Waals surface area contributed by atoms with Gasteiger partial charge < -0.3 is 25.8 Å². The number of halogens is 1. The highest BCUT2D eigenvalue weighted by atomic mass is 19.1. The van der Waals surface area contributed by atoms with E-state index in [1.807, 2.05) is 6.07 Å². The van der Waals surface area contributed by atoms with Crippen LogP contribution in [0.25, 0.3) is 0 Å². The number of piperazine rings is 1. The fourth-order valence-electron chi connectivity index (χ4n) is 5.82. The highest BCUT2D eigenvalue weighted by Gasteiger charge is 2.52. The van der Waals surface area contributed by atoms with Crippen LogP contribution in [0.5, 0.6) is 0 Å². The molecule has 3 aliphatic heterocycles. The van der Waals surface area contributed by atoms with Crippen molar-refractivity contribution >= 4 is 29.0 Å². The van der Waals surface area contributed by atoms with Gasteiger partial charge in [0, 0.05) is 62.6 Å². The average molecular weight is 452 g/mol.